The first kappa shape index (κ1) is 22.6. The summed E-state index contributed by atoms with van der Waals surface area (Å²) in [5.41, 5.74) is 1.39. The van der Waals surface area contributed by atoms with E-state index in [1.807, 2.05) is 0 Å². The molecule has 0 aliphatic carbocycles. The molecule has 1 heterocycles. The van der Waals surface area contributed by atoms with Gasteiger partial charge in [0.15, 0.2) is 6.10 Å². The fourth-order valence-electron chi connectivity index (χ4n) is 3.29. The van der Waals surface area contributed by atoms with E-state index in [4.69, 9.17) is 4.74 Å². The van der Waals surface area contributed by atoms with Gasteiger partial charge in [-0.2, -0.15) is 0 Å². The van der Waals surface area contributed by atoms with E-state index in [9.17, 15) is 18.0 Å². The van der Waals surface area contributed by atoms with Gasteiger partial charge >= 0.3 is 0 Å². The Labute approximate surface area is 182 Å². The zero-order chi connectivity index (χ0) is 22.6. The summed E-state index contributed by atoms with van der Waals surface area (Å²) in [5, 5.41) is 2.79. The molecule has 1 aliphatic heterocycles. The van der Waals surface area contributed by atoms with Gasteiger partial charge in [-0.1, -0.05) is 12.1 Å². The number of nitrogens with one attached hydrogen (secondary N) is 1. The van der Waals surface area contributed by atoms with E-state index < -0.39 is 16.1 Å². The average Bonchev–Trinajstić information content (AvgIpc) is 3.28. The molecule has 0 radical (unpaired) electrons. The minimum atomic E-state index is -3.36. The van der Waals surface area contributed by atoms with Crippen LogP contribution in [-0.2, 0) is 14.8 Å². The lowest BCUT2D eigenvalue weighted by Crippen LogP contribution is -2.32. The SMILES string of the molecule is C[C@@H](Oc1ccc(N(C)S(C)(=O)=O)cc1)C(=O)Nc1ccccc1C(=O)N1CCCC1. The van der Waals surface area contributed by atoms with Gasteiger partial charge in [0.2, 0.25) is 10.0 Å². The molecule has 166 valence electrons. The number of hydrogen-bond acceptors (Lipinski definition) is 5. The molecule has 0 saturated carbocycles. The maximum absolute atomic E-state index is 12.8. The second-order valence-electron chi connectivity index (χ2n) is 7.52. The van der Waals surface area contributed by atoms with Crippen molar-refractivity contribution in [1.29, 1.82) is 0 Å². The number of carbonyl (C=O) groups is 2. The second kappa shape index (κ2) is 9.38. The van der Waals surface area contributed by atoms with Crippen LogP contribution in [0.3, 0.4) is 0 Å². The summed E-state index contributed by atoms with van der Waals surface area (Å²) in [6.07, 6.45) is 2.28. The van der Waals surface area contributed by atoms with Crippen LogP contribution in [0.5, 0.6) is 5.75 Å². The van der Waals surface area contributed by atoms with Crippen LogP contribution in [0.25, 0.3) is 0 Å². The van der Waals surface area contributed by atoms with Crippen molar-refractivity contribution in [3.8, 4) is 5.75 Å². The van der Waals surface area contributed by atoms with Crippen molar-refractivity contribution in [1.82, 2.24) is 4.90 Å². The van der Waals surface area contributed by atoms with Gasteiger partial charge < -0.3 is 15.0 Å². The van der Waals surface area contributed by atoms with Crippen molar-refractivity contribution >= 4 is 33.2 Å². The molecule has 1 fully saturated rings. The topological polar surface area (TPSA) is 96.0 Å². The third-order valence-corrected chi connectivity index (χ3v) is 6.39. The van der Waals surface area contributed by atoms with Crippen LogP contribution < -0.4 is 14.4 Å². The lowest BCUT2D eigenvalue weighted by atomic mass is 10.1. The molecule has 8 nitrogen and oxygen atoms in total. The minimum absolute atomic E-state index is 0.0902. The fraction of sp³-hybridized carbons (Fsp3) is 0.364. The maximum Gasteiger partial charge on any atom is 0.265 e. The lowest BCUT2D eigenvalue weighted by molar-refractivity contribution is -0.122. The first-order chi connectivity index (χ1) is 14.7. The number of sulfonamides is 1. The number of hydrogen-bond donors (Lipinski definition) is 1. The smallest absolute Gasteiger partial charge is 0.265 e. The zero-order valence-corrected chi connectivity index (χ0v) is 18.7. The Bertz CT molecular complexity index is 1050. The molecule has 1 saturated heterocycles. The molecule has 0 aromatic heterocycles. The monoisotopic (exact) mass is 445 g/mol. The summed E-state index contributed by atoms with van der Waals surface area (Å²) in [4.78, 5) is 27.2. The van der Waals surface area contributed by atoms with E-state index in [0.717, 1.165) is 36.5 Å². The van der Waals surface area contributed by atoms with E-state index in [2.05, 4.69) is 5.32 Å². The molecular formula is C22H27N3O5S. The standard InChI is InChI=1S/C22H27N3O5S/c1-16(30-18-12-10-17(11-13-18)24(2)31(3,28)29)21(26)23-20-9-5-4-8-19(20)22(27)25-14-6-7-15-25/h4-5,8-13,16H,6-7,14-15H2,1-3H3,(H,23,26)/t16-/m1/s1. The number of para-hydroxylation sites is 1. The van der Waals surface area contributed by atoms with Gasteiger partial charge in [0.05, 0.1) is 23.2 Å². The van der Waals surface area contributed by atoms with Gasteiger partial charge in [0.1, 0.15) is 5.75 Å². The van der Waals surface area contributed by atoms with E-state index in [0.29, 0.717) is 22.7 Å². The summed E-state index contributed by atoms with van der Waals surface area (Å²) in [7, 11) is -1.90. The number of amides is 2. The van der Waals surface area contributed by atoms with Crippen LogP contribution in [0.1, 0.15) is 30.1 Å². The molecule has 31 heavy (non-hydrogen) atoms. The number of nitrogens with zero attached hydrogens (tertiary/aromatic N) is 2. The number of anilines is 2. The molecule has 9 heteroatoms. The highest BCUT2D eigenvalue weighted by Gasteiger charge is 2.23. The van der Waals surface area contributed by atoms with Crippen LogP contribution in [0.4, 0.5) is 11.4 Å². The van der Waals surface area contributed by atoms with Crippen molar-refractivity contribution in [3.63, 3.8) is 0 Å². The molecular weight excluding hydrogens is 418 g/mol. The van der Waals surface area contributed by atoms with Crippen LogP contribution in [-0.4, -0.2) is 57.6 Å². The van der Waals surface area contributed by atoms with Gasteiger partial charge in [0.25, 0.3) is 11.8 Å². The van der Waals surface area contributed by atoms with E-state index in [1.165, 1.54) is 7.05 Å². The van der Waals surface area contributed by atoms with Crippen molar-refractivity contribution in [2.45, 2.75) is 25.9 Å². The first-order valence-electron chi connectivity index (χ1n) is 10.1. The molecule has 1 atom stereocenters. The van der Waals surface area contributed by atoms with Crippen LogP contribution >= 0.6 is 0 Å². The maximum atomic E-state index is 12.8. The molecule has 3 rings (SSSR count). The summed E-state index contributed by atoms with van der Waals surface area (Å²) in [5.74, 6) is -0.0544. The Morgan fingerprint density at radius 1 is 1.06 bits per heavy atom. The molecule has 1 aliphatic rings. The number of likely N-dealkylation sites (tertiary alicyclic amines) is 1. The van der Waals surface area contributed by atoms with Gasteiger partial charge in [-0.25, -0.2) is 8.42 Å². The van der Waals surface area contributed by atoms with Crippen LogP contribution in [0, 0.1) is 0 Å². The Kier molecular flexibility index (Phi) is 6.84. The van der Waals surface area contributed by atoms with E-state index in [-0.39, 0.29) is 11.8 Å². The predicted octanol–water partition coefficient (Wildman–Crippen LogP) is 2.72. The van der Waals surface area contributed by atoms with Crippen molar-refractivity contribution < 1.29 is 22.7 Å². The van der Waals surface area contributed by atoms with Crippen molar-refractivity contribution in [2.75, 3.05) is 36.0 Å². The van der Waals surface area contributed by atoms with Gasteiger partial charge in [-0.3, -0.25) is 13.9 Å². The van der Waals surface area contributed by atoms with Crippen LogP contribution in [0.15, 0.2) is 48.5 Å². The largest absolute Gasteiger partial charge is 0.481 e. The Hall–Kier alpha value is -3.07. The van der Waals surface area contributed by atoms with Crippen molar-refractivity contribution in [2.24, 2.45) is 0 Å². The summed E-state index contributed by atoms with van der Waals surface area (Å²) >= 11 is 0. The Morgan fingerprint density at radius 3 is 2.29 bits per heavy atom. The molecule has 0 bridgehead atoms. The van der Waals surface area contributed by atoms with E-state index >= 15 is 0 Å². The Balaban J connectivity index is 1.66. The second-order valence-corrected chi connectivity index (χ2v) is 9.53. The summed E-state index contributed by atoms with van der Waals surface area (Å²) in [6.45, 7) is 3.06. The molecule has 2 aromatic carbocycles. The summed E-state index contributed by atoms with van der Waals surface area (Å²) in [6, 6.07) is 13.3. The molecule has 0 spiro atoms. The number of rotatable bonds is 7. The highest BCUT2D eigenvalue weighted by molar-refractivity contribution is 7.92. The molecule has 0 unspecified atom stereocenters. The summed E-state index contributed by atoms with van der Waals surface area (Å²) < 4.78 is 30.1. The van der Waals surface area contributed by atoms with Crippen molar-refractivity contribution in [3.05, 3.63) is 54.1 Å². The molecule has 2 aromatic rings. The average molecular weight is 446 g/mol. The predicted molar refractivity (Wildman–Crippen MR) is 120 cm³/mol. The lowest BCUT2D eigenvalue weighted by Gasteiger charge is -2.20. The van der Waals surface area contributed by atoms with E-state index in [1.54, 1.807) is 60.4 Å². The number of ether oxygens (including phenoxy) is 1. The van der Waals surface area contributed by atoms with Crippen LogP contribution in [0.2, 0.25) is 0 Å². The zero-order valence-electron chi connectivity index (χ0n) is 17.9. The Morgan fingerprint density at radius 2 is 1.68 bits per heavy atom. The first-order valence-corrected chi connectivity index (χ1v) is 11.9. The highest BCUT2D eigenvalue weighted by atomic mass is 32.2. The highest BCUT2D eigenvalue weighted by Crippen LogP contribution is 2.23. The third kappa shape index (κ3) is 5.55. The van der Waals surface area contributed by atoms with Gasteiger partial charge in [-0.15, -0.1) is 0 Å². The van der Waals surface area contributed by atoms with Gasteiger partial charge in [-0.05, 0) is 56.2 Å². The quantitative estimate of drug-likeness (QED) is 0.707. The third-order valence-electron chi connectivity index (χ3n) is 5.19. The normalized spacial score (nSPS) is 14.7. The molecule has 2 amide bonds. The minimum Gasteiger partial charge on any atom is -0.481 e. The fourth-order valence-corrected chi connectivity index (χ4v) is 3.79. The molecule has 1 N–H and O–H groups in total. The number of benzene rings is 2. The number of carbonyl (C=O) groups excluding carboxylic acids is 2. The van der Waals surface area contributed by atoms with Gasteiger partial charge in [0, 0.05) is 20.1 Å².